The molecule has 1 atom stereocenters. The van der Waals surface area contributed by atoms with Crippen LogP contribution in [0.15, 0.2) is 30.3 Å². The Morgan fingerprint density at radius 2 is 2.00 bits per heavy atom. The van der Waals surface area contributed by atoms with Crippen LogP contribution in [0.3, 0.4) is 0 Å². The predicted octanol–water partition coefficient (Wildman–Crippen LogP) is 1.52. The smallest absolute Gasteiger partial charge is 0.261 e. The Balaban J connectivity index is 2.43. The van der Waals surface area contributed by atoms with Gasteiger partial charge in [-0.2, -0.15) is 0 Å². The summed E-state index contributed by atoms with van der Waals surface area (Å²) in [7, 11) is 3.95. The minimum atomic E-state index is -0.422. The van der Waals surface area contributed by atoms with Crippen molar-refractivity contribution in [2.75, 3.05) is 27.2 Å². The molecule has 1 aromatic carbocycles. The summed E-state index contributed by atoms with van der Waals surface area (Å²) in [6.07, 6.45) is 0.234. The van der Waals surface area contributed by atoms with Crippen LogP contribution in [0.25, 0.3) is 0 Å². The van der Waals surface area contributed by atoms with E-state index in [1.54, 1.807) is 0 Å². The molecule has 1 N–H and O–H groups in total. The number of carbonyl (C=O) groups is 1. The number of benzene rings is 1. The van der Waals surface area contributed by atoms with Gasteiger partial charge in [0.2, 0.25) is 0 Å². The maximum Gasteiger partial charge on any atom is 0.261 e. The standard InChI is InChI=1S/C14H22N2O2/c1-4-13(14(17)15-10-11-16(2)3)18-12-8-6-5-7-9-12/h5-9,13H,4,10-11H2,1-3H3,(H,15,17). The van der Waals surface area contributed by atoms with E-state index < -0.39 is 6.10 Å². The van der Waals surface area contributed by atoms with Crippen LogP contribution in [0.5, 0.6) is 5.75 Å². The second kappa shape index (κ2) is 7.71. The van der Waals surface area contributed by atoms with Crippen molar-refractivity contribution in [3.05, 3.63) is 30.3 Å². The molecule has 0 aromatic heterocycles. The van der Waals surface area contributed by atoms with Crippen LogP contribution >= 0.6 is 0 Å². The van der Waals surface area contributed by atoms with E-state index >= 15 is 0 Å². The largest absolute Gasteiger partial charge is 0.481 e. The van der Waals surface area contributed by atoms with Crippen LogP contribution < -0.4 is 10.1 Å². The first-order chi connectivity index (χ1) is 8.63. The normalized spacial score (nSPS) is 12.2. The average molecular weight is 250 g/mol. The summed E-state index contributed by atoms with van der Waals surface area (Å²) in [6.45, 7) is 3.41. The maximum absolute atomic E-state index is 11.9. The Morgan fingerprint density at radius 3 is 2.56 bits per heavy atom. The van der Waals surface area contributed by atoms with E-state index in [1.807, 2.05) is 56.3 Å². The molecule has 0 spiro atoms. The van der Waals surface area contributed by atoms with Crippen molar-refractivity contribution < 1.29 is 9.53 Å². The maximum atomic E-state index is 11.9. The number of likely N-dealkylation sites (N-methyl/N-ethyl adjacent to an activating group) is 1. The van der Waals surface area contributed by atoms with E-state index in [2.05, 4.69) is 5.32 Å². The second-order valence-electron chi connectivity index (χ2n) is 4.42. The van der Waals surface area contributed by atoms with Crippen molar-refractivity contribution >= 4 is 5.91 Å². The molecule has 0 aliphatic carbocycles. The molecular weight excluding hydrogens is 228 g/mol. The summed E-state index contributed by atoms with van der Waals surface area (Å²) in [5.41, 5.74) is 0. The molecule has 0 aliphatic heterocycles. The van der Waals surface area contributed by atoms with Crippen molar-refractivity contribution in [3.8, 4) is 5.75 Å². The van der Waals surface area contributed by atoms with Gasteiger partial charge in [-0.05, 0) is 32.6 Å². The van der Waals surface area contributed by atoms with Crippen molar-refractivity contribution in [1.29, 1.82) is 0 Å². The van der Waals surface area contributed by atoms with Gasteiger partial charge in [0.15, 0.2) is 6.10 Å². The van der Waals surface area contributed by atoms with Crippen LogP contribution in [0, 0.1) is 0 Å². The molecule has 18 heavy (non-hydrogen) atoms. The highest BCUT2D eigenvalue weighted by atomic mass is 16.5. The molecule has 0 radical (unpaired) electrons. The number of amides is 1. The number of hydrogen-bond donors (Lipinski definition) is 1. The van der Waals surface area contributed by atoms with E-state index in [1.165, 1.54) is 0 Å². The van der Waals surface area contributed by atoms with Gasteiger partial charge in [-0.1, -0.05) is 25.1 Å². The van der Waals surface area contributed by atoms with Gasteiger partial charge in [-0.25, -0.2) is 0 Å². The monoisotopic (exact) mass is 250 g/mol. The predicted molar refractivity (Wildman–Crippen MR) is 72.7 cm³/mol. The first-order valence-electron chi connectivity index (χ1n) is 6.27. The lowest BCUT2D eigenvalue weighted by Crippen LogP contribution is -2.40. The Bertz CT molecular complexity index is 352. The highest BCUT2D eigenvalue weighted by molar-refractivity contribution is 5.81. The zero-order chi connectivity index (χ0) is 13.4. The molecule has 0 bridgehead atoms. The van der Waals surface area contributed by atoms with Gasteiger partial charge in [0.05, 0.1) is 0 Å². The SMILES string of the molecule is CCC(Oc1ccccc1)C(=O)NCCN(C)C. The highest BCUT2D eigenvalue weighted by Gasteiger charge is 2.17. The highest BCUT2D eigenvalue weighted by Crippen LogP contribution is 2.12. The number of para-hydroxylation sites is 1. The molecule has 1 unspecified atom stereocenters. The van der Waals surface area contributed by atoms with Crippen LogP contribution in [-0.4, -0.2) is 44.1 Å². The molecular formula is C14H22N2O2. The topological polar surface area (TPSA) is 41.6 Å². The van der Waals surface area contributed by atoms with Gasteiger partial charge in [0, 0.05) is 13.1 Å². The van der Waals surface area contributed by atoms with Gasteiger partial charge in [0.1, 0.15) is 5.75 Å². The number of carbonyl (C=O) groups excluding carboxylic acids is 1. The van der Waals surface area contributed by atoms with E-state index in [-0.39, 0.29) is 5.91 Å². The second-order valence-corrected chi connectivity index (χ2v) is 4.42. The summed E-state index contributed by atoms with van der Waals surface area (Å²) in [6, 6.07) is 9.43. The molecule has 0 aliphatic rings. The molecule has 0 fully saturated rings. The zero-order valence-corrected chi connectivity index (χ0v) is 11.3. The molecule has 4 heteroatoms. The summed E-state index contributed by atoms with van der Waals surface area (Å²) in [5, 5.41) is 2.88. The minimum Gasteiger partial charge on any atom is -0.481 e. The van der Waals surface area contributed by atoms with Gasteiger partial charge in [0.25, 0.3) is 5.91 Å². The average Bonchev–Trinajstić information content (AvgIpc) is 2.36. The Labute approximate surface area is 109 Å². The number of hydrogen-bond acceptors (Lipinski definition) is 3. The Hall–Kier alpha value is -1.55. The minimum absolute atomic E-state index is 0.0526. The van der Waals surface area contributed by atoms with Crippen LogP contribution in [-0.2, 0) is 4.79 Å². The number of nitrogens with zero attached hydrogens (tertiary/aromatic N) is 1. The quantitative estimate of drug-likeness (QED) is 0.798. The molecule has 0 saturated carbocycles. The summed E-state index contributed by atoms with van der Waals surface area (Å²) >= 11 is 0. The number of rotatable bonds is 7. The molecule has 1 amide bonds. The first-order valence-corrected chi connectivity index (χ1v) is 6.27. The van der Waals surface area contributed by atoms with Crippen LogP contribution in [0.4, 0.5) is 0 Å². The lowest BCUT2D eigenvalue weighted by atomic mass is 10.2. The molecule has 100 valence electrons. The third-order valence-electron chi connectivity index (χ3n) is 2.54. The number of ether oxygens (including phenoxy) is 1. The van der Waals surface area contributed by atoms with E-state index in [4.69, 9.17) is 4.74 Å². The van der Waals surface area contributed by atoms with Crippen molar-refractivity contribution in [1.82, 2.24) is 10.2 Å². The van der Waals surface area contributed by atoms with Gasteiger partial charge in [-0.15, -0.1) is 0 Å². The molecule has 0 saturated heterocycles. The first kappa shape index (κ1) is 14.5. The van der Waals surface area contributed by atoms with E-state index in [0.29, 0.717) is 13.0 Å². The van der Waals surface area contributed by atoms with Crippen LogP contribution in [0.1, 0.15) is 13.3 Å². The molecule has 1 rings (SSSR count). The summed E-state index contributed by atoms with van der Waals surface area (Å²) < 4.78 is 5.66. The van der Waals surface area contributed by atoms with E-state index in [0.717, 1.165) is 12.3 Å². The number of nitrogens with one attached hydrogen (secondary N) is 1. The zero-order valence-electron chi connectivity index (χ0n) is 11.3. The molecule has 4 nitrogen and oxygen atoms in total. The molecule has 1 aromatic rings. The third kappa shape index (κ3) is 5.19. The summed E-state index contributed by atoms with van der Waals surface area (Å²) in [5.74, 6) is 0.676. The fourth-order valence-electron chi connectivity index (χ4n) is 1.50. The van der Waals surface area contributed by atoms with Gasteiger partial charge < -0.3 is 15.0 Å². The van der Waals surface area contributed by atoms with Crippen molar-refractivity contribution in [2.24, 2.45) is 0 Å². The summed E-state index contributed by atoms with van der Waals surface area (Å²) in [4.78, 5) is 13.9. The van der Waals surface area contributed by atoms with Crippen molar-refractivity contribution in [2.45, 2.75) is 19.4 Å². The Morgan fingerprint density at radius 1 is 1.33 bits per heavy atom. The molecule has 0 heterocycles. The van der Waals surface area contributed by atoms with E-state index in [9.17, 15) is 4.79 Å². The third-order valence-corrected chi connectivity index (χ3v) is 2.54. The lowest BCUT2D eigenvalue weighted by molar-refractivity contribution is -0.128. The van der Waals surface area contributed by atoms with Gasteiger partial charge >= 0.3 is 0 Å². The van der Waals surface area contributed by atoms with Gasteiger partial charge in [-0.3, -0.25) is 4.79 Å². The fraction of sp³-hybridized carbons (Fsp3) is 0.500. The van der Waals surface area contributed by atoms with Crippen LogP contribution in [0.2, 0.25) is 0 Å². The Kier molecular flexibility index (Phi) is 6.22. The lowest BCUT2D eigenvalue weighted by Gasteiger charge is -2.18. The van der Waals surface area contributed by atoms with Crippen molar-refractivity contribution in [3.63, 3.8) is 0 Å². The fourth-order valence-corrected chi connectivity index (χ4v) is 1.50.